The Morgan fingerprint density at radius 3 is 2.37 bits per heavy atom. The van der Waals surface area contributed by atoms with Crippen molar-refractivity contribution >= 4 is 5.78 Å². The van der Waals surface area contributed by atoms with Crippen LogP contribution in [0.25, 0.3) is 0 Å². The number of benzene rings is 1. The topological polar surface area (TPSA) is 43.1 Å². The average Bonchev–Trinajstić information content (AvgIpc) is 2.37. The van der Waals surface area contributed by atoms with Crippen LogP contribution in [0, 0.1) is 17.7 Å². The van der Waals surface area contributed by atoms with E-state index in [1.54, 1.807) is 12.1 Å². The van der Waals surface area contributed by atoms with Crippen LogP contribution in [0.3, 0.4) is 0 Å². The van der Waals surface area contributed by atoms with Crippen LogP contribution < -0.4 is 5.73 Å². The van der Waals surface area contributed by atoms with E-state index in [1.807, 2.05) is 0 Å². The van der Waals surface area contributed by atoms with E-state index < -0.39 is 0 Å². The van der Waals surface area contributed by atoms with Gasteiger partial charge in [-0.05, 0) is 48.9 Å². The molecule has 1 aromatic carbocycles. The molecule has 1 rings (SSSR count). The highest BCUT2D eigenvalue weighted by Crippen LogP contribution is 2.21. The van der Waals surface area contributed by atoms with Gasteiger partial charge in [0.25, 0.3) is 0 Å². The Hall–Kier alpha value is -1.22. The number of Topliss-reactive ketones (excluding diaryl/α,β-unsaturated/α-hetero) is 1. The van der Waals surface area contributed by atoms with Crippen LogP contribution >= 0.6 is 0 Å². The smallest absolute Gasteiger partial charge is 0.137 e. The van der Waals surface area contributed by atoms with E-state index in [-0.39, 0.29) is 11.6 Å². The molecular formula is C16H24FNO. The van der Waals surface area contributed by atoms with E-state index in [9.17, 15) is 9.18 Å². The van der Waals surface area contributed by atoms with Crippen LogP contribution in [0.2, 0.25) is 0 Å². The van der Waals surface area contributed by atoms with E-state index in [4.69, 9.17) is 5.73 Å². The molecule has 2 N–H and O–H groups in total. The maximum absolute atomic E-state index is 12.8. The Labute approximate surface area is 115 Å². The summed E-state index contributed by atoms with van der Waals surface area (Å²) in [5.41, 5.74) is 6.47. The number of carbonyl (C=O) groups is 1. The van der Waals surface area contributed by atoms with Gasteiger partial charge in [0.05, 0.1) is 0 Å². The van der Waals surface area contributed by atoms with Crippen molar-refractivity contribution in [2.75, 3.05) is 6.54 Å². The summed E-state index contributed by atoms with van der Waals surface area (Å²) >= 11 is 0. The zero-order valence-electron chi connectivity index (χ0n) is 11.9. The fourth-order valence-electron chi connectivity index (χ4n) is 2.29. The fourth-order valence-corrected chi connectivity index (χ4v) is 2.29. The highest BCUT2D eigenvalue weighted by Gasteiger charge is 2.14. The molecule has 0 heterocycles. The Morgan fingerprint density at radius 2 is 1.84 bits per heavy atom. The highest BCUT2D eigenvalue weighted by molar-refractivity contribution is 5.80. The number of nitrogens with two attached hydrogens (primary N) is 1. The molecule has 2 nitrogen and oxygen atoms in total. The number of halogens is 1. The summed E-state index contributed by atoms with van der Waals surface area (Å²) in [6, 6.07) is 6.14. The molecule has 106 valence electrons. The molecule has 0 saturated heterocycles. The zero-order chi connectivity index (χ0) is 14.3. The van der Waals surface area contributed by atoms with Crippen LogP contribution in [0.1, 0.15) is 38.7 Å². The first kappa shape index (κ1) is 15.8. The number of carbonyl (C=O) groups excluding carboxylic acids is 1. The molecule has 19 heavy (non-hydrogen) atoms. The summed E-state index contributed by atoms with van der Waals surface area (Å²) in [5.74, 6) is 1.03. The normalized spacial score (nSPS) is 12.7. The maximum atomic E-state index is 12.8. The van der Waals surface area contributed by atoms with E-state index in [0.717, 1.165) is 18.4 Å². The molecule has 1 aromatic rings. The van der Waals surface area contributed by atoms with Gasteiger partial charge in [-0.2, -0.15) is 0 Å². The molecule has 0 bridgehead atoms. The third kappa shape index (κ3) is 5.97. The predicted molar refractivity (Wildman–Crippen MR) is 76.3 cm³/mol. The summed E-state index contributed by atoms with van der Waals surface area (Å²) in [6.45, 7) is 5.02. The largest absolute Gasteiger partial charge is 0.330 e. The maximum Gasteiger partial charge on any atom is 0.137 e. The predicted octanol–water partition coefficient (Wildman–Crippen LogP) is 3.34. The summed E-state index contributed by atoms with van der Waals surface area (Å²) < 4.78 is 12.8. The Kier molecular flexibility index (Phi) is 6.71. The summed E-state index contributed by atoms with van der Waals surface area (Å²) in [4.78, 5) is 11.9. The van der Waals surface area contributed by atoms with Crippen molar-refractivity contribution in [1.29, 1.82) is 0 Å². The van der Waals surface area contributed by atoms with Gasteiger partial charge in [0.15, 0.2) is 0 Å². The van der Waals surface area contributed by atoms with E-state index in [0.29, 0.717) is 31.2 Å². The van der Waals surface area contributed by atoms with E-state index in [2.05, 4.69) is 13.8 Å². The van der Waals surface area contributed by atoms with Crippen molar-refractivity contribution in [1.82, 2.24) is 0 Å². The highest BCUT2D eigenvalue weighted by atomic mass is 19.1. The second-order valence-electron chi connectivity index (χ2n) is 5.46. The zero-order valence-corrected chi connectivity index (χ0v) is 11.9. The minimum atomic E-state index is -0.265. The molecular weight excluding hydrogens is 241 g/mol. The summed E-state index contributed by atoms with van der Waals surface area (Å²) in [6.07, 6.45) is 2.85. The molecule has 1 unspecified atom stereocenters. The molecule has 0 aliphatic rings. The number of rotatable bonds is 8. The van der Waals surface area contributed by atoms with E-state index in [1.165, 1.54) is 12.1 Å². The lowest BCUT2D eigenvalue weighted by molar-refractivity contribution is -0.118. The van der Waals surface area contributed by atoms with Crippen molar-refractivity contribution in [2.45, 2.75) is 39.5 Å². The SMILES string of the molecule is CC(C)C(CCN)CCC(=O)Cc1ccc(F)cc1. The van der Waals surface area contributed by atoms with Crippen LogP contribution in [-0.2, 0) is 11.2 Å². The number of hydrogen-bond donors (Lipinski definition) is 1. The minimum absolute atomic E-state index is 0.217. The van der Waals surface area contributed by atoms with Crippen molar-refractivity contribution in [2.24, 2.45) is 17.6 Å². The molecule has 0 aliphatic carbocycles. The second kappa shape index (κ2) is 8.05. The standard InChI is InChI=1S/C16H24FNO/c1-12(2)14(9-10-18)5-8-16(19)11-13-3-6-15(17)7-4-13/h3-4,6-7,12,14H,5,8-11,18H2,1-2H3. The van der Waals surface area contributed by atoms with E-state index >= 15 is 0 Å². The third-order valence-electron chi connectivity index (χ3n) is 3.59. The summed E-state index contributed by atoms with van der Waals surface area (Å²) in [7, 11) is 0. The van der Waals surface area contributed by atoms with Crippen molar-refractivity contribution < 1.29 is 9.18 Å². The first-order valence-corrected chi connectivity index (χ1v) is 6.99. The van der Waals surface area contributed by atoms with Gasteiger partial charge in [-0.15, -0.1) is 0 Å². The van der Waals surface area contributed by atoms with Gasteiger partial charge in [0.1, 0.15) is 11.6 Å². The van der Waals surface area contributed by atoms with Crippen molar-refractivity contribution in [3.8, 4) is 0 Å². The molecule has 0 spiro atoms. The molecule has 0 saturated carbocycles. The Balaban J connectivity index is 2.40. The molecule has 3 heteroatoms. The first-order chi connectivity index (χ1) is 9.02. The summed E-state index contributed by atoms with van der Waals surface area (Å²) in [5, 5.41) is 0. The fraction of sp³-hybridized carbons (Fsp3) is 0.562. The number of hydrogen-bond acceptors (Lipinski definition) is 2. The quantitative estimate of drug-likeness (QED) is 0.783. The van der Waals surface area contributed by atoms with Gasteiger partial charge in [-0.3, -0.25) is 4.79 Å². The Bertz CT molecular complexity index is 386. The lowest BCUT2D eigenvalue weighted by Gasteiger charge is -2.19. The molecule has 0 aliphatic heterocycles. The van der Waals surface area contributed by atoms with Crippen LogP contribution in [-0.4, -0.2) is 12.3 Å². The van der Waals surface area contributed by atoms with Gasteiger partial charge in [0, 0.05) is 12.8 Å². The van der Waals surface area contributed by atoms with Crippen molar-refractivity contribution in [3.63, 3.8) is 0 Å². The average molecular weight is 265 g/mol. The van der Waals surface area contributed by atoms with Crippen LogP contribution in [0.4, 0.5) is 4.39 Å². The van der Waals surface area contributed by atoms with Gasteiger partial charge in [0.2, 0.25) is 0 Å². The van der Waals surface area contributed by atoms with Gasteiger partial charge in [-0.1, -0.05) is 26.0 Å². The van der Waals surface area contributed by atoms with Crippen LogP contribution in [0.15, 0.2) is 24.3 Å². The minimum Gasteiger partial charge on any atom is -0.330 e. The second-order valence-corrected chi connectivity index (χ2v) is 5.46. The first-order valence-electron chi connectivity index (χ1n) is 6.99. The molecule has 0 fully saturated rings. The van der Waals surface area contributed by atoms with Gasteiger partial charge in [-0.25, -0.2) is 4.39 Å². The number of ketones is 1. The monoisotopic (exact) mass is 265 g/mol. The third-order valence-corrected chi connectivity index (χ3v) is 3.59. The Morgan fingerprint density at radius 1 is 1.21 bits per heavy atom. The van der Waals surface area contributed by atoms with Gasteiger partial charge < -0.3 is 5.73 Å². The molecule has 1 atom stereocenters. The lowest BCUT2D eigenvalue weighted by Crippen LogP contribution is -2.16. The molecule has 0 aromatic heterocycles. The van der Waals surface area contributed by atoms with Gasteiger partial charge >= 0.3 is 0 Å². The van der Waals surface area contributed by atoms with Crippen molar-refractivity contribution in [3.05, 3.63) is 35.6 Å². The lowest BCUT2D eigenvalue weighted by atomic mass is 9.87. The molecule has 0 radical (unpaired) electrons. The molecule has 0 amide bonds. The van der Waals surface area contributed by atoms with Crippen LogP contribution in [0.5, 0.6) is 0 Å².